The van der Waals surface area contributed by atoms with Gasteiger partial charge < -0.3 is 10.2 Å². The summed E-state index contributed by atoms with van der Waals surface area (Å²) in [5.41, 5.74) is 0.922. The van der Waals surface area contributed by atoms with Gasteiger partial charge in [0.05, 0.1) is 0 Å². The molecule has 0 spiro atoms. The SMILES string of the molecule is CN(CCNC(C)(C)C)c1nccn2cnnc12. The van der Waals surface area contributed by atoms with Gasteiger partial charge in [0.25, 0.3) is 0 Å². The number of likely N-dealkylation sites (N-methyl/N-ethyl adjacent to an activating group) is 1. The minimum absolute atomic E-state index is 0.134. The number of hydrogen-bond donors (Lipinski definition) is 1. The second-order valence-electron chi connectivity index (χ2n) is 5.41. The average Bonchev–Trinajstić information content (AvgIpc) is 2.74. The maximum atomic E-state index is 4.37. The zero-order valence-corrected chi connectivity index (χ0v) is 11.4. The molecule has 0 aliphatic carbocycles. The molecule has 6 nitrogen and oxygen atoms in total. The molecule has 0 saturated carbocycles. The lowest BCUT2D eigenvalue weighted by atomic mass is 10.1. The molecular weight excluding hydrogens is 228 g/mol. The Bertz CT molecular complexity index is 513. The van der Waals surface area contributed by atoms with Crippen molar-refractivity contribution < 1.29 is 0 Å². The highest BCUT2D eigenvalue weighted by molar-refractivity contribution is 5.62. The van der Waals surface area contributed by atoms with Gasteiger partial charge in [-0.25, -0.2) is 4.98 Å². The molecule has 2 heterocycles. The maximum Gasteiger partial charge on any atom is 0.203 e. The fraction of sp³-hybridized carbons (Fsp3) is 0.583. The van der Waals surface area contributed by atoms with Crippen molar-refractivity contribution in [1.29, 1.82) is 0 Å². The lowest BCUT2D eigenvalue weighted by Crippen LogP contribution is -2.40. The number of rotatable bonds is 4. The van der Waals surface area contributed by atoms with E-state index in [-0.39, 0.29) is 5.54 Å². The summed E-state index contributed by atoms with van der Waals surface area (Å²) in [5.74, 6) is 0.853. The van der Waals surface area contributed by atoms with Crippen LogP contribution >= 0.6 is 0 Å². The third-order valence-electron chi connectivity index (χ3n) is 2.66. The normalized spacial score (nSPS) is 12.0. The zero-order chi connectivity index (χ0) is 13.2. The lowest BCUT2D eigenvalue weighted by Gasteiger charge is -2.24. The molecule has 0 bridgehead atoms. The van der Waals surface area contributed by atoms with E-state index in [9.17, 15) is 0 Å². The molecule has 0 aliphatic rings. The molecule has 18 heavy (non-hydrogen) atoms. The van der Waals surface area contributed by atoms with E-state index < -0.39 is 0 Å². The third kappa shape index (κ3) is 2.95. The van der Waals surface area contributed by atoms with Crippen LogP contribution in [0, 0.1) is 0 Å². The second-order valence-corrected chi connectivity index (χ2v) is 5.41. The van der Waals surface area contributed by atoms with E-state index in [4.69, 9.17) is 0 Å². The van der Waals surface area contributed by atoms with Crippen LogP contribution in [-0.2, 0) is 0 Å². The molecule has 0 unspecified atom stereocenters. The summed E-state index contributed by atoms with van der Waals surface area (Å²) < 4.78 is 1.87. The molecule has 0 atom stereocenters. The molecule has 0 saturated heterocycles. The van der Waals surface area contributed by atoms with Crippen molar-refractivity contribution in [3.63, 3.8) is 0 Å². The average molecular weight is 248 g/mol. The van der Waals surface area contributed by atoms with Crippen LogP contribution in [0.4, 0.5) is 5.82 Å². The first-order valence-corrected chi connectivity index (χ1v) is 6.08. The standard InChI is InChI=1S/C12H20N6/c1-12(2,3)14-6-7-17(4)10-11-16-15-9-18(11)8-5-13-10/h5,8-9,14H,6-7H2,1-4H3. The number of fused-ring (bicyclic) bond motifs is 1. The number of aromatic nitrogens is 4. The van der Waals surface area contributed by atoms with Crippen LogP contribution < -0.4 is 10.2 Å². The Morgan fingerprint density at radius 3 is 2.89 bits per heavy atom. The lowest BCUT2D eigenvalue weighted by molar-refractivity contribution is 0.430. The molecule has 2 aromatic rings. The van der Waals surface area contributed by atoms with Gasteiger partial charge in [0.2, 0.25) is 5.65 Å². The highest BCUT2D eigenvalue weighted by atomic mass is 15.3. The van der Waals surface area contributed by atoms with E-state index in [0.29, 0.717) is 0 Å². The van der Waals surface area contributed by atoms with Gasteiger partial charge in [-0.15, -0.1) is 10.2 Å². The van der Waals surface area contributed by atoms with E-state index in [1.807, 2.05) is 17.6 Å². The number of nitrogens with one attached hydrogen (secondary N) is 1. The Balaban J connectivity index is 2.05. The van der Waals surface area contributed by atoms with Gasteiger partial charge in [0.15, 0.2) is 5.82 Å². The van der Waals surface area contributed by atoms with Crippen LogP contribution in [0.3, 0.4) is 0 Å². The van der Waals surface area contributed by atoms with Crippen LogP contribution in [0.25, 0.3) is 5.65 Å². The fourth-order valence-corrected chi connectivity index (χ4v) is 1.72. The van der Waals surface area contributed by atoms with Crippen molar-refractivity contribution in [2.75, 3.05) is 25.0 Å². The molecule has 0 amide bonds. The van der Waals surface area contributed by atoms with Crippen molar-refractivity contribution in [2.24, 2.45) is 0 Å². The largest absolute Gasteiger partial charge is 0.355 e. The highest BCUT2D eigenvalue weighted by Gasteiger charge is 2.12. The summed E-state index contributed by atoms with van der Waals surface area (Å²) in [6.07, 6.45) is 5.29. The summed E-state index contributed by atoms with van der Waals surface area (Å²) >= 11 is 0. The molecule has 1 N–H and O–H groups in total. The van der Waals surface area contributed by atoms with Crippen LogP contribution in [0.2, 0.25) is 0 Å². The van der Waals surface area contributed by atoms with E-state index >= 15 is 0 Å². The predicted molar refractivity (Wildman–Crippen MR) is 71.8 cm³/mol. The summed E-state index contributed by atoms with van der Waals surface area (Å²) in [6, 6.07) is 0. The van der Waals surface area contributed by atoms with Crippen molar-refractivity contribution in [3.8, 4) is 0 Å². The second kappa shape index (κ2) is 4.89. The molecule has 0 aliphatic heterocycles. The quantitative estimate of drug-likeness (QED) is 0.873. The van der Waals surface area contributed by atoms with Crippen molar-refractivity contribution in [1.82, 2.24) is 24.9 Å². The Morgan fingerprint density at radius 1 is 1.39 bits per heavy atom. The molecule has 0 fully saturated rings. The summed E-state index contributed by atoms with van der Waals surface area (Å²) in [4.78, 5) is 6.45. The first-order valence-electron chi connectivity index (χ1n) is 6.08. The Morgan fingerprint density at radius 2 is 2.17 bits per heavy atom. The van der Waals surface area contributed by atoms with Gasteiger partial charge in [0, 0.05) is 38.1 Å². The van der Waals surface area contributed by atoms with E-state index in [1.165, 1.54) is 0 Å². The molecule has 2 rings (SSSR count). The minimum Gasteiger partial charge on any atom is -0.355 e. The van der Waals surface area contributed by atoms with Gasteiger partial charge >= 0.3 is 0 Å². The molecule has 0 aromatic carbocycles. The van der Waals surface area contributed by atoms with Crippen LogP contribution in [-0.4, -0.2) is 45.3 Å². The molecule has 98 valence electrons. The van der Waals surface area contributed by atoms with Crippen molar-refractivity contribution >= 4 is 11.5 Å². The minimum atomic E-state index is 0.134. The Hall–Kier alpha value is -1.69. The van der Waals surface area contributed by atoms with E-state index in [0.717, 1.165) is 24.6 Å². The maximum absolute atomic E-state index is 4.37. The molecule has 2 aromatic heterocycles. The van der Waals surface area contributed by atoms with Gasteiger partial charge in [-0.1, -0.05) is 0 Å². The van der Waals surface area contributed by atoms with Crippen LogP contribution in [0.15, 0.2) is 18.7 Å². The fourth-order valence-electron chi connectivity index (χ4n) is 1.72. The molecule has 0 radical (unpaired) electrons. The Labute approximate surface area is 107 Å². The van der Waals surface area contributed by atoms with Crippen LogP contribution in [0.1, 0.15) is 20.8 Å². The smallest absolute Gasteiger partial charge is 0.203 e. The monoisotopic (exact) mass is 248 g/mol. The molecule has 6 heteroatoms. The van der Waals surface area contributed by atoms with Gasteiger partial charge in [-0.05, 0) is 20.8 Å². The predicted octanol–water partition coefficient (Wildman–Crippen LogP) is 0.949. The Kier molecular flexibility index (Phi) is 3.47. The zero-order valence-electron chi connectivity index (χ0n) is 11.4. The van der Waals surface area contributed by atoms with Crippen molar-refractivity contribution in [2.45, 2.75) is 26.3 Å². The topological polar surface area (TPSA) is 58.4 Å². The van der Waals surface area contributed by atoms with E-state index in [2.05, 4.69) is 46.2 Å². The first kappa shape index (κ1) is 12.8. The third-order valence-corrected chi connectivity index (χ3v) is 2.66. The summed E-state index contributed by atoms with van der Waals surface area (Å²) in [6.45, 7) is 8.24. The van der Waals surface area contributed by atoms with Crippen LogP contribution in [0.5, 0.6) is 0 Å². The summed E-state index contributed by atoms with van der Waals surface area (Å²) in [7, 11) is 2.02. The highest BCUT2D eigenvalue weighted by Crippen LogP contribution is 2.13. The van der Waals surface area contributed by atoms with E-state index in [1.54, 1.807) is 12.5 Å². The molecular formula is C12H20N6. The number of nitrogens with zero attached hydrogens (tertiary/aromatic N) is 5. The first-order chi connectivity index (χ1) is 8.47. The number of anilines is 1. The van der Waals surface area contributed by atoms with Gasteiger partial charge in [-0.3, -0.25) is 4.40 Å². The number of hydrogen-bond acceptors (Lipinski definition) is 5. The van der Waals surface area contributed by atoms with Crippen molar-refractivity contribution in [3.05, 3.63) is 18.7 Å². The summed E-state index contributed by atoms with van der Waals surface area (Å²) in [5, 5.41) is 11.4. The van der Waals surface area contributed by atoms with Gasteiger partial charge in [0.1, 0.15) is 6.33 Å². The van der Waals surface area contributed by atoms with Gasteiger partial charge in [-0.2, -0.15) is 0 Å².